The fourth-order valence-corrected chi connectivity index (χ4v) is 3.88. The van der Waals surface area contributed by atoms with E-state index < -0.39 is 48.6 Å². The fourth-order valence-electron chi connectivity index (χ4n) is 3.88. The summed E-state index contributed by atoms with van der Waals surface area (Å²) in [5.41, 5.74) is 0.883. The molecule has 0 aliphatic carbocycles. The summed E-state index contributed by atoms with van der Waals surface area (Å²) in [6.07, 6.45) is -5.35. The van der Waals surface area contributed by atoms with Crippen LogP contribution < -0.4 is 0 Å². The normalized spacial score (nSPS) is 23.3. The summed E-state index contributed by atoms with van der Waals surface area (Å²) in [6.45, 7) is 1.66. The largest absolute Gasteiger partial charge is 0.452 e. The first kappa shape index (κ1) is 25.1. The van der Waals surface area contributed by atoms with E-state index in [9.17, 15) is 14.4 Å². The molecule has 4 rings (SSSR count). The first-order valence-corrected chi connectivity index (χ1v) is 11.4. The predicted octanol–water partition coefficient (Wildman–Crippen LogP) is 4.05. The van der Waals surface area contributed by atoms with Gasteiger partial charge in [0.05, 0.1) is 22.8 Å². The van der Waals surface area contributed by atoms with E-state index in [1.54, 1.807) is 97.9 Å². The van der Waals surface area contributed by atoms with E-state index in [2.05, 4.69) is 0 Å². The van der Waals surface area contributed by atoms with Crippen molar-refractivity contribution in [3.63, 3.8) is 0 Å². The first-order valence-electron chi connectivity index (χ1n) is 11.4. The van der Waals surface area contributed by atoms with E-state index in [1.807, 2.05) is 0 Å². The van der Waals surface area contributed by atoms with Crippen molar-refractivity contribution in [1.29, 1.82) is 0 Å². The number of benzene rings is 3. The third-order valence-electron chi connectivity index (χ3n) is 5.72. The van der Waals surface area contributed by atoms with Crippen LogP contribution >= 0.6 is 0 Å². The zero-order valence-corrected chi connectivity index (χ0v) is 19.8. The highest BCUT2D eigenvalue weighted by atomic mass is 16.7. The number of esters is 3. The second-order valence-electron chi connectivity index (χ2n) is 8.15. The Morgan fingerprint density at radius 2 is 0.944 bits per heavy atom. The van der Waals surface area contributed by atoms with Gasteiger partial charge < -0.3 is 23.7 Å². The van der Waals surface area contributed by atoms with E-state index >= 15 is 0 Å². The lowest BCUT2D eigenvalue weighted by Gasteiger charge is -2.43. The number of hydrogen-bond acceptors (Lipinski definition) is 8. The Morgan fingerprint density at radius 3 is 1.33 bits per heavy atom. The molecule has 1 aliphatic heterocycles. The summed E-state index contributed by atoms with van der Waals surface area (Å²) in [5.74, 6) is -1.98. The summed E-state index contributed by atoms with van der Waals surface area (Å²) >= 11 is 0. The van der Waals surface area contributed by atoms with Crippen molar-refractivity contribution >= 4 is 17.9 Å². The zero-order valence-electron chi connectivity index (χ0n) is 19.8. The maximum absolute atomic E-state index is 13.0. The van der Waals surface area contributed by atoms with Gasteiger partial charge in [0.1, 0.15) is 0 Å². The molecule has 186 valence electrons. The van der Waals surface area contributed by atoms with Crippen LogP contribution in [0.25, 0.3) is 0 Å². The van der Waals surface area contributed by atoms with Crippen LogP contribution in [0.1, 0.15) is 38.0 Å². The van der Waals surface area contributed by atoms with Gasteiger partial charge in [0, 0.05) is 7.11 Å². The summed E-state index contributed by atoms with van der Waals surface area (Å²) in [6, 6.07) is 25.1. The Hall–Kier alpha value is -4.01. The lowest BCUT2D eigenvalue weighted by Crippen LogP contribution is -2.61. The average Bonchev–Trinajstić information content (AvgIpc) is 2.93. The molecule has 0 saturated carbocycles. The highest BCUT2D eigenvalue weighted by molar-refractivity contribution is 5.91. The second-order valence-corrected chi connectivity index (χ2v) is 8.15. The number of rotatable bonds is 7. The molecule has 0 bridgehead atoms. The molecule has 1 heterocycles. The molecule has 1 fully saturated rings. The molecule has 8 heteroatoms. The molecule has 1 saturated heterocycles. The Kier molecular flexibility index (Phi) is 8.10. The number of methoxy groups -OCH3 is 1. The van der Waals surface area contributed by atoms with Crippen LogP contribution in [-0.2, 0) is 23.7 Å². The Bertz CT molecular complexity index is 1170. The van der Waals surface area contributed by atoms with Crippen LogP contribution in [-0.4, -0.2) is 55.7 Å². The topological polar surface area (TPSA) is 97.4 Å². The number of hydrogen-bond donors (Lipinski definition) is 0. The first-order chi connectivity index (χ1) is 17.5. The van der Waals surface area contributed by atoms with Crippen LogP contribution in [0.5, 0.6) is 0 Å². The van der Waals surface area contributed by atoms with Crippen molar-refractivity contribution < 1.29 is 38.1 Å². The number of carbonyl (C=O) groups is 3. The fraction of sp³-hybridized carbons (Fsp3) is 0.250. The molecular formula is C28H26O8. The molecular weight excluding hydrogens is 464 g/mol. The smallest absolute Gasteiger partial charge is 0.338 e. The molecule has 0 N–H and O–H groups in total. The predicted molar refractivity (Wildman–Crippen MR) is 128 cm³/mol. The summed E-state index contributed by atoms with van der Waals surface area (Å²) in [5, 5.41) is 0. The van der Waals surface area contributed by atoms with Crippen LogP contribution in [0, 0.1) is 0 Å². The van der Waals surface area contributed by atoms with Crippen LogP contribution in [0.2, 0.25) is 0 Å². The number of ether oxygens (including phenoxy) is 5. The summed E-state index contributed by atoms with van der Waals surface area (Å²) < 4.78 is 28.6. The van der Waals surface area contributed by atoms with Crippen molar-refractivity contribution in [2.75, 3.05) is 7.11 Å². The molecule has 8 nitrogen and oxygen atoms in total. The Morgan fingerprint density at radius 1 is 0.583 bits per heavy atom. The minimum atomic E-state index is -1.22. The highest BCUT2D eigenvalue weighted by Gasteiger charge is 2.51. The van der Waals surface area contributed by atoms with Gasteiger partial charge in [0.25, 0.3) is 0 Å². The van der Waals surface area contributed by atoms with Gasteiger partial charge in [-0.05, 0) is 43.3 Å². The molecule has 3 aromatic carbocycles. The zero-order chi connectivity index (χ0) is 25.5. The summed E-state index contributed by atoms with van der Waals surface area (Å²) in [4.78, 5) is 38.9. The Balaban J connectivity index is 1.66. The monoisotopic (exact) mass is 490 g/mol. The third-order valence-corrected chi connectivity index (χ3v) is 5.72. The van der Waals surface area contributed by atoms with Crippen molar-refractivity contribution in [1.82, 2.24) is 0 Å². The van der Waals surface area contributed by atoms with Gasteiger partial charge in [-0.25, -0.2) is 14.4 Å². The maximum Gasteiger partial charge on any atom is 0.338 e. The van der Waals surface area contributed by atoms with Gasteiger partial charge in [0.15, 0.2) is 24.6 Å². The Labute approximate surface area is 208 Å². The van der Waals surface area contributed by atoms with Crippen molar-refractivity contribution in [3.8, 4) is 0 Å². The molecule has 36 heavy (non-hydrogen) atoms. The van der Waals surface area contributed by atoms with Crippen LogP contribution in [0.3, 0.4) is 0 Å². The van der Waals surface area contributed by atoms with Crippen LogP contribution in [0.4, 0.5) is 0 Å². The SMILES string of the molecule is CO[C@@H]1O[C@H](C)[C@@H](OC(=O)c2ccccc2)[C@H](OC(=O)c2ccccc2)[C@H]1OC(=O)c1ccccc1. The molecule has 0 aromatic heterocycles. The van der Waals surface area contributed by atoms with E-state index in [1.165, 1.54) is 7.11 Å². The van der Waals surface area contributed by atoms with Gasteiger partial charge in [-0.1, -0.05) is 54.6 Å². The molecule has 1 aliphatic rings. The quantitative estimate of drug-likeness (QED) is 0.361. The van der Waals surface area contributed by atoms with Crippen molar-refractivity contribution in [2.45, 2.75) is 37.6 Å². The van der Waals surface area contributed by atoms with Crippen molar-refractivity contribution in [3.05, 3.63) is 108 Å². The average molecular weight is 491 g/mol. The molecule has 5 atom stereocenters. The van der Waals surface area contributed by atoms with E-state index in [-0.39, 0.29) is 11.1 Å². The number of carbonyl (C=O) groups excluding carboxylic acids is 3. The van der Waals surface area contributed by atoms with Crippen molar-refractivity contribution in [2.24, 2.45) is 0 Å². The minimum absolute atomic E-state index is 0.284. The van der Waals surface area contributed by atoms with E-state index in [0.29, 0.717) is 5.56 Å². The lowest BCUT2D eigenvalue weighted by atomic mass is 9.98. The molecule has 0 unspecified atom stereocenters. The molecule has 0 amide bonds. The highest BCUT2D eigenvalue weighted by Crippen LogP contribution is 2.30. The van der Waals surface area contributed by atoms with Gasteiger partial charge in [-0.2, -0.15) is 0 Å². The van der Waals surface area contributed by atoms with Gasteiger partial charge in [0.2, 0.25) is 0 Å². The molecule has 0 spiro atoms. The van der Waals surface area contributed by atoms with Gasteiger partial charge >= 0.3 is 17.9 Å². The maximum atomic E-state index is 13.0. The summed E-state index contributed by atoms with van der Waals surface area (Å²) in [7, 11) is 1.38. The third kappa shape index (κ3) is 5.79. The minimum Gasteiger partial charge on any atom is -0.452 e. The second kappa shape index (κ2) is 11.6. The van der Waals surface area contributed by atoms with Gasteiger partial charge in [-0.15, -0.1) is 0 Å². The lowest BCUT2D eigenvalue weighted by molar-refractivity contribution is -0.283. The van der Waals surface area contributed by atoms with Gasteiger partial charge in [-0.3, -0.25) is 0 Å². The van der Waals surface area contributed by atoms with E-state index in [4.69, 9.17) is 23.7 Å². The van der Waals surface area contributed by atoms with E-state index in [0.717, 1.165) is 0 Å². The van der Waals surface area contributed by atoms with Crippen LogP contribution in [0.15, 0.2) is 91.0 Å². The molecule has 0 radical (unpaired) electrons. The standard InChI is InChI=1S/C28H26O8/c1-18-22(34-25(29)19-12-6-3-7-13-19)23(35-26(30)20-14-8-4-9-15-20)24(28(32-2)33-18)36-27(31)21-16-10-5-11-17-21/h3-18,22-24,28H,1-2H3/t18-,22-,23+,24-,28-/m1/s1. The molecule has 3 aromatic rings.